The van der Waals surface area contributed by atoms with Crippen LogP contribution in [0.25, 0.3) is 0 Å². The minimum absolute atomic E-state index is 0.106. The molecule has 9 nitrogen and oxygen atoms in total. The van der Waals surface area contributed by atoms with Gasteiger partial charge in [-0.15, -0.1) is 0 Å². The summed E-state index contributed by atoms with van der Waals surface area (Å²) in [6, 6.07) is 15.2. The molecule has 0 atom stereocenters. The smallest absolute Gasteiger partial charge is 0.319 e. The number of carbonyl (C=O) groups is 1. The number of nitrogens with zero attached hydrogens (tertiary/aromatic N) is 4. The first-order chi connectivity index (χ1) is 15.5. The van der Waals surface area contributed by atoms with Crippen molar-refractivity contribution in [3.8, 4) is 0 Å². The zero-order chi connectivity index (χ0) is 22.3. The monoisotopic (exact) mass is 436 g/mol. The molecular weight excluding hydrogens is 411 g/mol. The van der Waals surface area contributed by atoms with E-state index in [1.807, 2.05) is 30.3 Å². The summed E-state index contributed by atoms with van der Waals surface area (Å²) in [6.07, 6.45) is 1.65. The maximum absolute atomic E-state index is 13.1. The summed E-state index contributed by atoms with van der Waals surface area (Å²) in [5, 5.41) is 8.89. The van der Waals surface area contributed by atoms with Crippen LogP contribution in [0.1, 0.15) is 18.7 Å². The van der Waals surface area contributed by atoms with Crippen molar-refractivity contribution in [2.75, 3.05) is 29.5 Å². The van der Waals surface area contributed by atoms with Gasteiger partial charge in [-0.25, -0.2) is 9.18 Å². The van der Waals surface area contributed by atoms with Crippen molar-refractivity contribution in [2.24, 2.45) is 0 Å². The van der Waals surface area contributed by atoms with Crippen LogP contribution in [-0.4, -0.2) is 45.0 Å². The molecular formula is C22H25FN8O. The van der Waals surface area contributed by atoms with Crippen molar-refractivity contribution in [1.29, 1.82) is 0 Å². The lowest BCUT2D eigenvalue weighted by atomic mass is 10.1. The number of hydrogen-bond acceptors (Lipinski definition) is 7. The predicted molar refractivity (Wildman–Crippen MR) is 121 cm³/mol. The second-order valence-electron chi connectivity index (χ2n) is 7.58. The van der Waals surface area contributed by atoms with E-state index in [0.717, 1.165) is 31.6 Å². The van der Waals surface area contributed by atoms with E-state index in [4.69, 9.17) is 5.73 Å². The first kappa shape index (κ1) is 21.4. The number of aromatic nitrogens is 3. The molecule has 4 rings (SSSR count). The molecule has 2 heterocycles. The summed E-state index contributed by atoms with van der Waals surface area (Å²) >= 11 is 0. The average molecular weight is 436 g/mol. The van der Waals surface area contributed by atoms with Crippen LogP contribution in [-0.2, 0) is 6.54 Å². The van der Waals surface area contributed by atoms with Gasteiger partial charge in [-0.2, -0.15) is 15.0 Å². The molecule has 0 spiro atoms. The predicted octanol–water partition coefficient (Wildman–Crippen LogP) is 3.12. The number of piperidine rings is 1. The Balaban J connectivity index is 1.27. The van der Waals surface area contributed by atoms with Crippen LogP contribution in [0.4, 0.5) is 32.5 Å². The maximum Gasteiger partial charge on any atom is 0.319 e. The lowest BCUT2D eigenvalue weighted by Crippen LogP contribution is -2.45. The summed E-state index contributed by atoms with van der Waals surface area (Å²) < 4.78 is 13.1. The standard InChI is InChI=1S/C22H25FN8O/c23-15-6-8-17(9-7-15)25-21-29-19(28-20(24)30-21)14-31-12-10-18(11-13-31)27-22(32)26-16-4-2-1-3-5-16/h1-9,18H,10-14H2,(H2,26,27,32)(H3,24,25,28,29,30). The Labute approximate surface area is 185 Å². The number of nitrogen functional groups attached to an aromatic ring is 1. The van der Waals surface area contributed by atoms with E-state index < -0.39 is 0 Å². The third-order valence-corrected chi connectivity index (χ3v) is 5.12. The molecule has 0 radical (unpaired) electrons. The molecule has 5 N–H and O–H groups in total. The number of carbonyl (C=O) groups excluding carboxylic acids is 1. The zero-order valence-corrected chi connectivity index (χ0v) is 17.5. The Morgan fingerprint density at radius 3 is 2.44 bits per heavy atom. The summed E-state index contributed by atoms with van der Waals surface area (Å²) in [5.41, 5.74) is 7.27. The number of nitrogens with two attached hydrogens (primary N) is 1. The molecule has 1 aromatic heterocycles. The Bertz CT molecular complexity index is 1040. The molecule has 3 aromatic rings. The molecule has 1 saturated heterocycles. The molecule has 0 unspecified atom stereocenters. The summed E-state index contributed by atoms with van der Waals surface area (Å²) in [4.78, 5) is 27.2. The van der Waals surface area contributed by atoms with Crippen molar-refractivity contribution < 1.29 is 9.18 Å². The second-order valence-corrected chi connectivity index (χ2v) is 7.58. The molecule has 1 aliphatic rings. The largest absolute Gasteiger partial charge is 0.368 e. The van der Waals surface area contributed by atoms with Crippen LogP contribution in [0.2, 0.25) is 0 Å². The van der Waals surface area contributed by atoms with Gasteiger partial charge in [-0.1, -0.05) is 18.2 Å². The second kappa shape index (κ2) is 10.0. The van der Waals surface area contributed by atoms with Gasteiger partial charge >= 0.3 is 6.03 Å². The Kier molecular flexibility index (Phi) is 6.71. The molecule has 1 aliphatic heterocycles. The number of likely N-dealkylation sites (tertiary alicyclic amines) is 1. The van der Waals surface area contributed by atoms with Gasteiger partial charge in [0.25, 0.3) is 0 Å². The SMILES string of the molecule is Nc1nc(CN2CCC(NC(=O)Nc3ccccc3)CC2)nc(Nc2ccc(F)cc2)n1. The number of rotatable bonds is 6. The van der Waals surface area contributed by atoms with Crippen LogP contribution in [0.15, 0.2) is 54.6 Å². The van der Waals surface area contributed by atoms with Crippen LogP contribution in [0.3, 0.4) is 0 Å². The highest BCUT2D eigenvalue weighted by Crippen LogP contribution is 2.17. The molecule has 0 aliphatic carbocycles. The van der Waals surface area contributed by atoms with Crippen LogP contribution in [0.5, 0.6) is 0 Å². The Morgan fingerprint density at radius 1 is 1.00 bits per heavy atom. The number of urea groups is 1. The first-order valence-electron chi connectivity index (χ1n) is 10.4. The van der Waals surface area contributed by atoms with Gasteiger partial charge in [0.15, 0.2) is 0 Å². The van der Waals surface area contributed by atoms with Crippen molar-refractivity contribution in [2.45, 2.75) is 25.4 Å². The van der Waals surface area contributed by atoms with Crippen LogP contribution >= 0.6 is 0 Å². The van der Waals surface area contributed by atoms with Gasteiger partial charge in [0.05, 0.1) is 6.54 Å². The summed E-state index contributed by atoms with van der Waals surface area (Å²) in [6.45, 7) is 2.11. The highest BCUT2D eigenvalue weighted by atomic mass is 19.1. The van der Waals surface area contributed by atoms with Gasteiger partial charge in [0.1, 0.15) is 11.6 Å². The lowest BCUT2D eigenvalue weighted by Gasteiger charge is -2.31. The summed E-state index contributed by atoms with van der Waals surface area (Å²) in [7, 11) is 0. The molecule has 32 heavy (non-hydrogen) atoms. The fraction of sp³-hybridized carbons (Fsp3) is 0.273. The van der Waals surface area contributed by atoms with Crippen molar-refractivity contribution >= 4 is 29.3 Å². The number of nitrogens with one attached hydrogen (secondary N) is 3. The number of halogens is 1. The van der Waals surface area contributed by atoms with Crippen molar-refractivity contribution in [3.63, 3.8) is 0 Å². The maximum atomic E-state index is 13.1. The quantitative estimate of drug-likeness (QED) is 0.468. The minimum atomic E-state index is -0.318. The van der Waals surface area contributed by atoms with Gasteiger partial charge in [-0.05, 0) is 49.2 Å². The topological polar surface area (TPSA) is 121 Å². The third kappa shape index (κ3) is 6.11. The van der Waals surface area contributed by atoms with E-state index in [-0.39, 0.29) is 23.8 Å². The molecule has 0 saturated carbocycles. The normalized spacial score (nSPS) is 14.7. The Hall–Kier alpha value is -3.79. The molecule has 166 valence electrons. The average Bonchev–Trinajstić information content (AvgIpc) is 2.77. The van der Waals surface area contributed by atoms with E-state index in [0.29, 0.717) is 24.0 Å². The van der Waals surface area contributed by atoms with E-state index in [2.05, 4.69) is 35.8 Å². The number of benzene rings is 2. The fourth-order valence-corrected chi connectivity index (χ4v) is 3.54. The molecule has 10 heteroatoms. The highest BCUT2D eigenvalue weighted by Gasteiger charge is 2.22. The van der Waals surface area contributed by atoms with E-state index in [1.165, 1.54) is 12.1 Å². The lowest BCUT2D eigenvalue weighted by molar-refractivity contribution is 0.186. The van der Waals surface area contributed by atoms with Gasteiger partial charge in [0, 0.05) is 30.5 Å². The number of amides is 2. The van der Waals surface area contributed by atoms with Crippen molar-refractivity contribution in [3.05, 3.63) is 66.2 Å². The minimum Gasteiger partial charge on any atom is -0.368 e. The highest BCUT2D eigenvalue weighted by molar-refractivity contribution is 5.89. The van der Waals surface area contributed by atoms with Gasteiger partial charge in [-0.3, -0.25) is 4.90 Å². The molecule has 1 fully saturated rings. The van der Waals surface area contributed by atoms with Crippen molar-refractivity contribution in [1.82, 2.24) is 25.2 Å². The number of anilines is 4. The third-order valence-electron chi connectivity index (χ3n) is 5.12. The van der Waals surface area contributed by atoms with Gasteiger partial charge < -0.3 is 21.7 Å². The molecule has 2 aromatic carbocycles. The van der Waals surface area contributed by atoms with E-state index >= 15 is 0 Å². The number of hydrogen-bond donors (Lipinski definition) is 4. The van der Waals surface area contributed by atoms with E-state index in [1.54, 1.807) is 12.1 Å². The molecule has 0 bridgehead atoms. The summed E-state index contributed by atoms with van der Waals surface area (Å²) in [5.74, 6) is 0.666. The first-order valence-corrected chi connectivity index (χ1v) is 10.4. The zero-order valence-electron chi connectivity index (χ0n) is 17.5. The number of para-hydroxylation sites is 1. The van der Waals surface area contributed by atoms with Gasteiger partial charge in [0.2, 0.25) is 11.9 Å². The van der Waals surface area contributed by atoms with E-state index in [9.17, 15) is 9.18 Å². The fourth-order valence-electron chi connectivity index (χ4n) is 3.54. The van der Waals surface area contributed by atoms with Crippen LogP contribution < -0.4 is 21.7 Å². The van der Waals surface area contributed by atoms with Crippen LogP contribution in [0, 0.1) is 5.82 Å². The Morgan fingerprint density at radius 2 is 1.72 bits per heavy atom. The molecule has 2 amide bonds.